The highest BCUT2D eigenvalue weighted by molar-refractivity contribution is 5.84. The molecule has 1 saturated heterocycles. The number of rotatable bonds is 5. The van der Waals surface area contributed by atoms with Crippen molar-refractivity contribution in [3.05, 3.63) is 60.2 Å². The van der Waals surface area contributed by atoms with E-state index in [1.165, 1.54) is 16.7 Å². The predicted octanol–water partition coefficient (Wildman–Crippen LogP) is 3.40. The SMILES string of the molecule is CC(C)NC(=O)[C@]1(Cc2cccc(-c3ccccc3)c2)CCNC1. The first-order valence-electron chi connectivity index (χ1n) is 8.75. The van der Waals surface area contributed by atoms with Gasteiger partial charge in [-0.1, -0.05) is 54.6 Å². The van der Waals surface area contributed by atoms with Crippen LogP contribution in [0.15, 0.2) is 54.6 Å². The van der Waals surface area contributed by atoms with Crippen LogP contribution in [0.2, 0.25) is 0 Å². The molecule has 24 heavy (non-hydrogen) atoms. The number of nitrogens with one attached hydrogen (secondary N) is 2. The summed E-state index contributed by atoms with van der Waals surface area (Å²) in [6.45, 7) is 5.69. The van der Waals surface area contributed by atoms with Gasteiger partial charge in [-0.15, -0.1) is 0 Å². The van der Waals surface area contributed by atoms with Crippen molar-refractivity contribution in [1.29, 1.82) is 0 Å². The smallest absolute Gasteiger partial charge is 0.228 e. The van der Waals surface area contributed by atoms with E-state index in [9.17, 15) is 4.79 Å². The summed E-state index contributed by atoms with van der Waals surface area (Å²) < 4.78 is 0. The van der Waals surface area contributed by atoms with Crippen LogP contribution in [0.3, 0.4) is 0 Å². The first-order valence-corrected chi connectivity index (χ1v) is 8.75. The molecule has 0 unspecified atom stereocenters. The molecule has 126 valence electrons. The van der Waals surface area contributed by atoms with Crippen molar-refractivity contribution in [3.63, 3.8) is 0 Å². The molecule has 3 nitrogen and oxygen atoms in total. The summed E-state index contributed by atoms with van der Waals surface area (Å²) in [6, 6.07) is 19.1. The molecule has 1 amide bonds. The van der Waals surface area contributed by atoms with E-state index in [-0.39, 0.29) is 17.4 Å². The second kappa shape index (κ2) is 7.18. The molecule has 2 N–H and O–H groups in total. The Bertz CT molecular complexity index is 688. The third-order valence-electron chi connectivity index (χ3n) is 4.72. The summed E-state index contributed by atoms with van der Waals surface area (Å²) in [7, 11) is 0. The van der Waals surface area contributed by atoms with Crippen molar-refractivity contribution in [2.45, 2.75) is 32.7 Å². The third-order valence-corrected chi connectivity index (χ3v) is 4.72. The normalized spacial score (nSPS) is 20.3. The maximum atomic E-state index is 12.8. The Morgan fingerprint density at radius 1 is 1.12 bits per heavy atom. The van der Waals surface area contributed by atoms with Crippen LogP contribution < -0.4 is 10.6 Å². The monoisotopic (exact) mass is 322 g/mol. The maximum Gasteiger partial charge on any atom is 0.228 e. The Morgan fingerprint density at radius 3 is 2.54 bits per heavy atom. The van der Waals surface area contributed by atoms with Crippen molar-refractivity contribution in [2.24, 2.45) is 5.41 Å². The van der Waals surface area contributed by atoms with Gasteiger partial charge in [0.25, 0.3) is 0 Å². The molecule has 0 aromatic heterocycles. The minimum atomic E-state index is -0.334. The van der Waals surface area contributed by atoms with Crippen molar-refractivity contribution in [3.8, 4) is 11.1 Å². The van der Waals surface area contributed by atoms with Crippen LogP contribution in [0, 0.1) is 5.41 Å². The topological polar surface area (TPSA) is 41.1 Å². The van der Waals surface area contributed by atoms with Gasteiger partial charge < -0.3 is 10.6 Å². The van der Waals surface area contributed by atoms with Crippen molar-refractivity contribution >= 4 is 5.91 Å². The molecule has 1 fully saturated rings. The molecule has 1 atom stereocenters. The Kier molecular flexibility index (Phi) is 5.00. The quantitative estimate of drug-likeness (QED) is 0.886. The van der Waals surface area contributed by atoms with Crippen LogP contribution in [0.4, 0.5) is 0 Å². The van der Waals surface area contributed by atoms with Gasteiger partial charge in [0.1, 0.15) is 0 Å². The van der Waals surface area contributed by atoms with Gasteiger partial charge in [0, 0.05) is 12.6 Å². The fraction of sp³-hybridized carbons (Fsp3) is 0.381. The predicted molar refractivity (Wildman–Crippen MR) is 98.8 cm³/mol. The molecule has 0 radical (unpaired) electrons. The Labute approximate surface area is 144 Å². The van der Waals surface area contributed by atoms with Gasteiger partial charge in [-0.2, -0.15) is 0 Å². The zero-order valence-electron chi connectivity index (χ0n) is 14.5. The van der Waals surface area contributed by atoms with E-state index in [0.29, 0.717) is 0 Å². The van der Waals surface area contributed by atoms with Crippen LogP contribution in [-0.2, 0) is 11.2 Å². The lowest BCUT2D eigenvalue weighted by Gasteiger charge is -2.28. The minimum absolute atomic E-state index is 0.172. The molecule has 0 spiro atoms. The van der Waals surface area contributed by atoms with Crippen LogP contribution in [0.5, 0.6) is 0 Å². The number of hydrogen-bond donors (Lipinski definition) is 2. The van der Waals surface area contributed by atoms with Gasteiger partial charge in [-0.05, 0) is 49.9 Å². The second-order valence-electron chi connectivity index (χ2n) is 7.08. The van der Waals surface area contributed by atoms with Crippen LogP contribution in [0.1, 0.15) is 25.8 Å². The molecular formula is C21H26N2O. The van der Waals surface area contributed by atoms with Gasteiger partial charge in [-0.3, -0.25) is 4.79 Å². The van der Waals surface area contributed by atoms with Crippen LogP contribution in [-0.4, -0.2) is 25.0 Å². The lowest BCUT2D eigenvalue weighted by molar-refractivity contribution is -0.130. The lowest BCUT2D eigenvalue weighted by Crippen LogP contribution is -2.46. The van der Waals surface area contributed by atoms with E-state index in [1.54, 1.807) is 0 Å². The fourth-order valence-corrected chi connectivity index (χ4v) is 3.47. The molecule has 3 heteroatoms. The van der Waals surface area contributed by atoms with E-state index in [0.717, 1.165) is 25.9 Å². The first-order chi connectivity index (χ1) is 11.6. The van der Waals surface area contributed by atoms with E-state index >= 15 is 0 Å². The van der Waals surface area contributed by atoms with E-state index in [1.807, 2.05) is 19.9 Å². The molecular weight excluding hydrogens is 296 g/mol. The molecule has 0 saturated carbocycles. The Balaban J connectivity index is 1.84. The van der Waals surface area contributed by atoms with Gasteiger partial charge >= 0.3 is 0 Å². The minimum Gasteiger partial charge on any atom is -0.353 e. The summed E-state index contributed by atoms with van der Waals surface area (Å²) in [6.07, 6.45) is 1.67. The van der Waals surface area contributed by atoms with E-state index in [4.69, 9.17) is 0 Å². The molecule has 1 heterocycles. The zero-order valence-corrected chi connectivity index (χ0v) is 14.5. The highest BCUT2D eigenvalue weighted by atomic mass is 16.2. The molecule has 1 aliphatic heterocycles. The van der Waals surface area contributed by atoms with Gasteiger partial charge in [0.05, 0.1) is 5.41 Å². The van der Waals surface area contributed by atoms with Crippen molar-refractivity contribution < 1.29 is 4.79 Å². The molecule has 0 bridgehead atoms. The van der Waals surface area contributed by atoms with E-state index < -0.39 is 0 Å². The standard InChI is InChI=1S/C21H26N2O/c1-16(2)23-20(24)21(11-12-22-15-21)14-17-7-6-10-19(13-17)18-8-4-3-5-9-18/h3-10,13,16,22H,11-12,14-15H2,1-2H3,(H,23,24)/t21-/m0/s1. The third kappa shape index (κ3) is 3.68. The number of amides is 1. The molecule has 3 rings (SSSR count). The average Bonchev–Trinajstić information content (AvgIpc) is 3.05. The Morgan fingerprint density at radius 2 is 1.88 bits per heavy atom. The second-order valence-corrected chi connectivity index (χ2v) is 7.08. The largest absolute Gasteiger partial charge is 0.353 e. The van der Waals surface area contributed by atoms with Crippen molar-refractivity contribution in [2.75, 3.05) is 13.1 Å². The molecule has 2 aromatic carbocycles. The number of benzene rings is 2. The fourth-order valence-electron chi connectivity index (χ4n) is 3.47. The first kappa shape index (κ1) is 16.7. The van der Waals surface area contributed by atoms with Crippen LogP contribution >= 0.6 is 0 Å². The molecule has 1 aliphatic rings. The summed E-state index contributed by atoms with van der Waals surface area (Å²) in [4.78, 5) is 12.8. The summed E-state index contributed by atoms with van der Waals surface area (Å²) in [5.74, 6) is 0.174. The number of hydrogen-bond acceptors (Lipinski definition) is 2. The highest BCUT2D eigenvalue weighted by Crippen LogP contribution is 2.32. The van der Waals surface area contributed by atoms with Gasteiger partial charge in [-0.25, -0.2) is 0 Å². The van der Waals surface area contributed by atoms with Crippen LogP contribution in [0.25, 0.3) is 11.1 Å². The lowest BCUT2D eigenvalue weighted by atomic mass is 9.79. The number of carbonyl (C=O) groups excluding carboxylic acids is 1. The summed E-state index contributed by atoms with van der Waals surface area (Å²) in [5.41, 5.74) is 3.31. The number of carbonyl (C=O) groups is 1. The molecule has 2 aromatic rings. The summed E-state index contributed by atoms with van der Waals surface area (Å²) >= 11 is 0. The van der Waals surface area contributed by atoms with Gasteiger partial charge in [0.2, 0.25) is 5.91 Å². The maximum absolute atomic E-state index is 12.8. The van der Waals surface area contributed by atoms with Gasteiger partial charge in [0.15, 0.2) is 0 Å². The zero-order chi connectivity index (χ0) is 17.0. The highest BCUT2D eigenvalue weighted by Gasteiger charge is 2.41. The van der Waals surface area contributed by atoms with E-state index in [2.05, 4.69) is 59.2 Å². The molecule has 0 aliphatic carbocycles. The van der Waals surface area contributed by atoms with Crippen molar-refractivity contribution in [1.82, 2.24) is 10.6 Å². The average molecular weight is 322 g/mol. The summed E-state index contributed by atoms with van der Waals surface area (Å²) in [5, 5.41) is 6.49. The Hall–Kier alpha value is -2.13.